The Hall–Kier alpha value is -3.34. The van der Waals surface area contributed by atoms with Crippen LogP contribution >= 0.6 is 11.6 Å². The van der Waals surface area contributed by atoms with Gasteiger partial charge < -0.3 is 21.7 Å². The number of aromatic nitrogens is 5. The molecule has 0 aliphatic heterocycles. The van der Waals surface area contributed by atoms with Crippen molar-refractivity contribution < 1.29 is 14.6 Å². The van der Waals surface area contributed by atoms with Crippen LogP contribution in [0.2, 0.25) is 5.02 Å². The number of anilines is 2. The maximum Gasteiger partial charge on any atom is 0.164 e. The Morgan fingerprint density at radius 1 is 1.06 bits per heavy atom. The van der Waals surface area contributed by atoms with Gasteiger partial charge in [-0.1, -0.05) is 17.7 Å². The van der Waals surface area contributed by atoms with Crippen LogP contribution in [-0.2, 0) is 6.42 Å². The number of nitrogen functional groups attached to an aromatic ring is 2. The molecule has 3 atom stereocenters. The van der Waals surface area contributed by atoms with Crippen LogP contribution in [-0.4, -0.2) is 47.2 Å². The van der Waals surface area contributed by atoms with Crippen LogP contribution in [0, 0.1) is 12.7 Å². The van der Waals surface area contributed by atoms with E-state index in [4.69, 9.17) is 23.1 Å². The molecule has 3 heterocycles. The molecule has 5 rings (SSSR count). The number of pyridine rings is 1. The van der Waals surface area contributed by atoms with Crippen LogP contribution in [0.4, 0.5) is 16.0 Å². The van der Waals surface area contributed by atoms with Crippen molar-refractivity contribution in [1.82, 2.24) is 24.7 Å². The second-order valence-electron chi connectivity index (χ2n) is 8.15. The van der Waals surface area contributed by atoms with E-state index in [2.05, 4.69) is 20.1 Å². The van der Waals surface area contributed by atoms with E-state index in [9.17, 15) is 14.6 Å². The van der Waals surface area contributed by atoms with Crippen molar-refractivity contribution in [3.05, 3.63) is 58.3 Å². The van der Waals surface area contributed by atoms with Gasteiger partial charge in [0.1, 0.15) is 41.5 Å². The number of benzene rings is 1. The van der Waals surface area contributed by atoms with E-state index in [1.54, 1.807) is 19.1 Å². The van der Waals surface area contributed by atoms with Gasteiger partial charge >= 0.3 is 0 Å². The van der Waals surface area contributed by atoms with E-state index in [0.717, 1.165) is 0 Å². The lowest BCUT2D eigenvalue weighted by atomic mass is 10.0. The molecule has 170 valence electrons. The number of hydrogen-bond acceptors (Lipinski definition) is 8. The standard InChI is InChI=1S/C22H21ClFN7O2/c1-9-28-20(25)13-8-27-31(22(13)29-9)17-6-11(18(32)19(17)33)3-2-10-4-15(24)12-7-14(23)21(26)30-16(12)5-10/h4-8,17-19,32-33H,2-3H2,1H3,(H2,26,30)(H2,25,28,29)/t17?,18?,19-/m1/s1. The first kappa shape index (κ1) is 21.5. The van der Waals surface area contributed by atoms with Crippen LogP contribution in [0.5, 0.6) is 0 Å². The lowest BCUT2D eigenvalue weighted by Crippen LogP contribution is -2.30. The lowest BCUT2D eigenvalue weighted by Gasteiger charge is -2.18. The molecular formula is C22H21ClFN7O2. The summed E-state index contributed by atoms with van der Waals surface area (Å²) in [6.45, 7) is 1.72. The number of hydrogen-bond donors (Lipinski definition) is 4. The molecule has 0 bridgehead atoms. The van der Waals surface area contributed by atoms with Gasteiger partial charge in [0.25, 0.3) is 0 Å². The van der Waals surface area contributed by atoms with Gasteiger partial charge in [0.2, 0.25) is 0 Å². The molecule has 1 aliphatic carbocycles. The van der Waals surface area contributed by atoms with Crippen molar-refractivity contribution >= 4 is 45.2 Å². The molecule has 1 aromatic carbocycles. The zero-order valence-electron chi connectivity index (χ0n) is 17.6. The zero-order chi connectivity index (χ0) is 23.4. The van der Waals surface area contributed by atoms with Crippen molar-refractivity contribution in [3.63, 3.8) is 0 Å². The van der Waals surface area contributed by atoms with E-state index < -0.39 is 24.1 Å². The SMILES string of the molecule is Cc1nc(N)c2cnn(C3C=C(CCc4cc(F)c5cc(Cl)c(N)nc5c4)C(O)[C@@H]3O)c2n1. The van der Waals surface area contributed by atoms with Crippen molar-refractivity contribution in [3.8, 4) is 0 Å². The fourth-order valence-corrected chi connectivity index (χ4v) is 4.41. The number of fused-ring (bicyclic) bond motifs is 2. The van der Waals surface area contributed by atoms with Gasteiger partial charge in [-0.25, -0.2) is 24.0 Å². The largest absolute Gasteiger partial charge is 0.387 e. The molecule has 33 heavy (non-hydrogen) atoms. The average Bonchev–Trinajstić information content (AvgIpc) is 3.29. The summed E-state index contributed by atoms with van der Waals surface area (Å²) in [5.41, 5.74) is 13.9. The van der Waals surface area contributed by atoms with Gasteiger partial charge in [0.05, 0.1) is 22.1 Å². The van der Waals surface area contributed by atoms with Gasteiger partial charge in [-0.3, -0.25) is 0 Å². The predicted octanol–water partition coefficient (Wildman–Crippen LogP) is 2.48. The summed E-state index contributed by atoms with van der Waals surface area (Å²) in [4.78, 5) is 12.7. The van der Waals surface area contributed by atoms with E-state index in [-0.39, 0.29) is 16.2 Å². The van der Waals surface area contributed by atoms with Gasteiger partial charge in [0.15, 0.2) is 5.65 Å². The molecule has 3 aromatic heterocycles. The van der Waals surface area contributed by atoms with Crippen LogP contribution in [0.1, 0.15) is 23.9 Å². The van der Waals surface area contributed by atoms with Crippen LogP contribution in [0.3, 0.4) is 0 Å². The summed E-state index contributed by atoms with van der Waals surface area (Å²) < 4.78 is 16.1. The van der Waals surface area contributed by atoms with Crippen molar-refractivity contribution in [2.75, 3.05) is 11.5 Å². The molecule has 0 spiro atoms. The topological polar surface area (TPSA) is 149 Å². The van der Waals surface area contributed by atoms with E-state index in [1.807, 2.05) is 0 Å². The number of aryl methyl sites for hydroxylation is 2. The Balaban J connectivity index is 1.43. The third kappa shape index (κ3) is 3.65. The number of halogens is 2. The molecule has 0 fully saturated rings. The first-order chi connectivity index (χ1) is 15.7. The van der Waals surface area contributed by atoms with Crippen LogP contribution in [0.25, 0.3) is 21.9 Å². The predicted molar refractivity (Wildman–Crippen MR) is 123 cm³/mol. The number of rotatable bonds is 4. The highest BCUT2D eigenvalue weighted by atomic mass is 35.5. The Kier molecular flexibility index (Phi) is 5.15. The molecule has 4 aromatic rings. The molecule has 0 amide bonds. The molecule has 11 heteroatoms. The Morgan fingerprint density at radius 3 is 2.64 bits per heavy atom. The highest BCUT2D eigenvalue weighted by Crippen LogP contribution is 2.34. The van der Waals surface area contributed by atoms with Gasteiger partial charge in [0, 0.05) is 5.39 Å². The summed E-state index contributed by atoms with van der Waals surface area (Å²) in [7, 11) is 0. The minimum Gasteiger partial charge on any atom is -0.387 e. The van der Waals surface area contributed by atoms with Crippen molar-refractivity contribution in [2.45, 2.75) is 38.0 Å². The maximum atomic E-state index is 14.6. The smallest absolute Gasteiger partial charge is 0.164 e. The molecule has 1 aliphatic rings. The second-order valence-corrected chi connectivity index (χ2v) is 8.56. The minimum absolute atomic E-state index is 0.131. The quantitative estimate of drug-likeness (QED) is 0.333. The molecule has 6 N–H and O–H groups in total. The zero-order valence-corrected chi connectivity index (χ0v) is 18.3. The molecule has 0 saturated heterocycles. The third-order valence-corrected chi connectivity index (χ3v) is 6.24. The molecular weight excluding hydrogens is 449 g/mol. The number of nitrogens with zero attached hydrogens (tertiary/aromatic N) is 5. The summed E-state index contributed by atoms with van der Waals surface area (Å²) in [6.07, 6.45) is 1.93. The van der Waals surface area contributed by atoms with E-state index in [0.29, 0.717) is 52.2 Å². The number of aliphatic hydroxyl groups is 2. The van der Waals surface area contributed by atoms with Crippen molar-refractivity contribution in [2.24, 2.45) is 0 Å². The van der Waals surface area contributed by atoms with Crippen molar-refractivity contribution in [1.29, 1.82) is 0 Å². The second kappa shape index (κ2) is 7.91. The van der Waals surface area contributed by atoms with Gasteiger partial charge in [-0.2, -0.15) is 5.10 Å². The monoisotopic (exact) mass is 469 g/mol. The van der Waals surface area contributed by atoms with Gasteiger partial charge in [-0.05, 0) is 49.1 Å². The normalized spacial score (nSPS) is 20.6. The Bertz CT molecular complexity index is 1440. The molecule has 0 saturated carbocycles. The maximum absolute atomic E-state index is 14.6. The van der Waals surface area contributed by atoms with E-state index >= 15 is 0 Å². The number of aliphatic hydroxyl groups excluding tert-OH is 2. The highest BCUT2D eigenvalue weighted by Gasteiger charge is 2.37. The van der Waals surface area contributed by atoms with E-state index in [1.165, 1.54) is 23.0 Å². The average molecular weight is 470 g/mol. The molecule has 0 radical (unpaired) electrons. The minimum atomic E-state index is -1.11. The molecule has 9 nitrogen and oxygen atoms in total. The third-order valence-electron chi connectivity index (χ3n) is 5.94. The fraction of sp³-hybridized carbons (Fsp3) is 0.273. The summed E-state index contributed by atoms with van der Waals surface area (Å²) in [5.74, 6) is 0.459. The fourth-order valence-electron chi connectivity index (χ4n) is 4.26. The first-order valence-electron chi connectivity index (χ1n) is 10.3. The van der Waals surface area contributed by atoms with Crippen LogP contribution < -0.4 is 11.5 Å². The Labute approximate surface area is 192 Å². The van der Waals surface area contributed by atoms with Crippen LogP contribution in [0.15, 0.2) is 36.0 Å². The summed E-state index contributed by atoms with van der Waals surface area (Å²) >= 11 is 5.95. The summed E-state index contributed by atoms with van der Waals surface area (Å²) in [5, 5.41) is 26.7. The Morgan fingerprint density at radius 2 is 1.85 bits per heavy atom. The number of nitrogens with two attached hydrogens (primary N) is 2. The molecule has 2 unspecified atom stereocenters. The lowest BCUT2D eigenvalue weighted by molar-refractivity contribution is 0.0292. The highest BCUT2D eigenvalue weighted by molar-refractivity contribution is 6.33. The van der Waals surface area contributed by atoms with Gasteiger partial charge in [-0.15, -0.1) is 0 Å². The first-order valence-corrected chi connectivity index (χ1v) is 10.7. The summed E-state index contributed by atoms with van der Waals surface area (Å²) in [6, 6.07) is 3.98.